The molecule has 0 saturated carbocycles. The molecule has 0 aromatic heterocycles. The summed E-state index contributed by atoms with van der Waals surface area (Å²) in [6.45, 7) is 3.05. The van der Waals surface area contributed by atoms with Crippen molar-refractivity contribution < 1.29 is 23.5 Å². The highest BCUT2D eigenvalue weighted by Crippen LogP contribution is 2.17. The third-order valence-electron chi connectivity index (χ3n) is 2.80. The predicted octanol–water partition coefficient (Wildman–Crippen LogP) is 2.34. The van der Waals surface area contributed by atoms with Crippen LogP contribution in [-0.2, 0) is 4.79 Å². The third-order valence-corrected chi connectivity index (χ3v) is 2.80. The normalized spacial score (nSPS) is 13.7. The molecule has 4 nitrogen and oxygen atoms in total. The topological polar surface area (TPSA) is 66.4 Å². The van der Waals surface area contributed by atoms with E-state index in [4.69, 9.17) is 5.11 Å². The summed E-state index contributed by atoms with van der Waals surface area (Å²) >= 11 is 0. The summed E-state index contributed by atoms with van der Waals surface area (Å²) in [5.74, 6) is -4.38. The van der Waals surface area contributed by atoms with E-state index >= 15 is 0 Å². The van der Waals surface area contributed by atoms with Crippen LogP contribution < -0.4 is 5.32 Å². The van der Waals surface area contributed by atoms with Crippen LogP contribution in [0.4, 0.5) is 8.78 Å². The summed E-state index contributed by atoms with van der Waals surface area (Å²) in [7, 11) is 0. The van der Waals surface area contributed by atoms with Crippen LogP contribution in [0.5, 0.6) is 0 Å². The van der Waals surface area contributed by atoms with Gasteiger partial charge in [0.2, 0.25) is 0 Å². The average molecular weight is 271 g/mol. The number of hydrogen-bond acceptors (Lipinski definition) is 2. The van der Waals surface area contributed by atoms with Crippen molar-refractivity contribution in [2.75, 3.05) is 0 Å². The number of aliphatic carboxylic acids is 1. The van der Waals surface area contributed by atoms with Crippen LogP contribution in [0, 0.1) is 11.6 Å². The number of nitrogens with one attached hydrogen (secondary N) is 1. The van der Waals surface area contributed by atoms with E-state index in [2.05, 4.69) is 5.32 Å². The summed E-state index contributed by atoms with van der Waals surface area (Å²) in [6, 6.07) is 3.01. The number of carbonyl (C=O) groups is 2. The van der Waals surface area contributed by atoms with Gasteiger partial charge in [-0.1, -0.05) is 19.4 Å². The highest BCUT2D eigenvalue weighted by molar-refractivity contribution is 5.98. The van der Waals surface area contributed by atoms with Gasteiger partial charge in [0.1, 0.15) is 22.7 Å². The van der Waals surface area contributed by atoms with Gasteiger partial charge in [-0.15, -0.1) is 0 Å². The summed E-state index contributed by atoms with van der Waals surface area (Å²) < 4.78 is 26.8. The fraction of sp³-hybridized carbons (Fsp3) is 0.385. The first-order valence-electron chi connectivity index (χ1n) is 5.81. The molecule has 0 radical (unpaired) electrons. The smallest absolute Gasteiger partial charge is 0.329 e. The number of amides is 1. The van der Waals surface area contributed by atoms with Gasteiger partial charge in [-0.05, 0) is 25.5 Å². The molecule has 0 heterocycles. The Morgan fingerprint density at radius 2 is 1.84 bits per heavy atom. The molecule has 1 aromatic carbocycles. The van der Waals surface area contributed by atoms with Crippen molar-refractivity contribution in [1.82, 2.24) is 5.32 Å². The molecule has 0 fully saturated rings. The minimum absolute atomic E-state index is 0.157. The van der Waals surface area contributed by atoms with E-state index in [-0.39, 0.29) is 6.42 Å². The van der Waals surface area contributed by atoms with Crippen molar-refractivity contribution in [2.24, 2.45) is 0 Å². The van der Waals surface area contributed by atoms with Crippen LogP contribution in [0.3, 0.4) is 0 Å². The summed E-state index contributed by atoms with van der Waals surface area (Å²) in [5.41, 5.74) is -2.33. The maximum atomic E-state index is 13.4. The molecule has 0 saturated heterocycles. The molecule has 0 spiro atoms. The van der Waals surface area contributed by atoms with Gasteiger partial charge in [-0.25, -0.2) is 13.6 Å². The molecule has 0 aliphatic rings. The molecule has 0 aliphatic carbocycles. The monoisotopic (exact) mass is 271 g/mol. The second-order valence-electron chi connectivity index (χ2n) is 4.44. The fourth-order valence-electron chi connectivity index (χ4n) is 1.75. The van der Waals surface area contributed by atoms with Gasteiger partial charge < -0.3 is 10.4 Å². The van der Waals surface area contributed by atoms with Gasteiger partial charge >= 0.3 is 5.97 Å². The molecular formula is C13H15F2NO3. The van der Waals surface area contributed by atoms with Crippen molar-refractivity contribution in [3.8, 4) is 0 Å². The summed E-state index contributed by atoms with van der Waals surface area (Å²) in [6.07, 6.45) is 0.660. The van der Waals surface area contributed by atoms with Crippen LogP contribution in [-0.4, -0.2) is 22.5 Å². The number of carboxylic acid groups (broad SMARTS) is 1. The van der Waals surface area contributed by atoms with Crippen LogP contribution >= 0.6 is 0 Å². The molecule has 1 atom stereocenters. The van der Waals surface area contributed by atoms with E-state index in [1.54, 1.807) is 6.92 Å². The molecule has 0 bridgehead atoms. The quantitative estimate of drug-likeness (QED) is 0.863. The number of benzene rings is 1. The molecule has 104 valence electrons. The van der Waals surface area contributed by atoms with E-state index in [0.717, 1.165) is 18.2 Å². The first-order valence-corrected chi connectivity index (χ1v) is 5.81. The lowest BCUT2D eigenvalue weighted by atomic mass is 9.95. The average Bonchev–Trinajstić information content (AvgIpc) is 2.28. The van der Waals surface area contributed by atoms with E-state index in [0.29, 0.717) is 6.42 Å². The SMILES string of the molecule is CCCC(C)(NC(=O)c1c(F)cccc1F)C(=O)O. The molecular weight excluding hydrogens is 256 g/mol. The lowest BCUT2D eigenvalue weighted by Crippen LogP contribution is -2.52. The Bertz CT molecular complexity index is 484. The highest BCUT2D eigenvalue weighted by atomic mass is 19.1. The highest BCUT2D eigenvalue weighted by Gasteiger charge is 2.35. The van der Waals surface area contributed by atoms with E-state index < -0.39 is 34.6 Å². The zero-order valence-electron chi connectivity index (χ0n) is 10.7. The van der Waals surface area contributed by atoms with Gasteiger partial charge in [0, 0.05) is 0 Å². The van der Waals surface area contributed by atoms with Crippen LogP contribution in [0.2, 0.25) is 0 Å². The van der Waals surface area contributed by atoms with Gasteiger partial charge in [0.25, 0.3) is 5.91 Å². The minimum atomic E-state index is -1.56. The van der Waals surface area contributed by atoms with Gasteiger partial charge in [0.15, 0.2) is 0 Å². The summed E-state index contributed by atoms with van der Waals surface area (Å²) in [4.78, 5) is 23.0. The van der Waals surface area contributed by atoms with Gasteiger partial charge in [0.05, 0.1) is 0 Å². The first-order chi connectivity index (χ1) is 8.81. The van der Waals surface area contributed by atoms with Crippen molar-refractivity contribution >= 4 is 11.9 Å². The number of carbonyl (C=O) groups excluding carboxylic acids is 1. The lowest BCUT2D eigenvalue weighted by molar-refractivity contribution is -0.144. The van der Waals surface area contributed by atoms with Crippen LogP contribution in [0.15, 0.2) is 18.2 Å². The maximum absolute atomic E-state index is 13.4. The Morgan fingerprint density at radius 3 is 2.26 bits per heavy atom. The third kappa shape index (κ3) is 3.27. The number of carboxylic acids is 1. The molecule has 1 unspecified atom stereocenters. The molecule has 2 N–H and O–H groups in total. The number of rotatable bonds is 5. The molecule has 0 aliphatic heterocycles. The van der Waals surface area contributed by atoms with Crippen molar-refractivity contribution in [2.45, 2.75) is 32.2 Å². The van der Waals surface area contributed by atoms with E-state index in [1.807, 2.05) is 0 Å². The first kappa shape index (κ1) is 15.1. The maximum Gasteiger partial charge on any atom is 0.329 e. The number of halogens is 2. The second kappa shape index (κ2) is 5.77. The second-order valence-corrected chi connectivity index (χ2v) is 4.44. The van der Waals surface area contributed by atoms with Crippen LogP contribution in [0.25, 0.3) is 0 Å². The fourth-order valence-corrected chi connectivity index (χ4v) is 1.75. The van der Waals surface area contributed by atoms with Crippen molar-refractivity contribution in [3.05, 3.63) is 35.4 Å². The van der Waals surface area contributed by atoms with Gasteiger partial charge in [-0.2, -0.15) is 0 Å². The molecule has 1 rings (SSSR count). The Kier molecular flexibility index (Phi) is 4.58. The largest absolute Gasteiger partial charge is 0.480 e. The Balaban J connectivity index is 3.04. The molecule has 6 heteroatoms. The molecule has 1 amide bonds. The predicted molar refractivity (Wildman–Crippen MR) is 64.8 cm³/mol. The Morgan fingerprint density at radius 1 is 1.32 bits per heavy atom. The molecule has 19 heavy (non-hydrogen) atoms. The standard InChI is InChI=1S/C13H15F2NO3/c1-3-7-13(2,12(18)19)16-11(17)10-8(14)5-4-6-9(10)15/h4-6H,3,7H2,1-2H3,(H,16,17)(H,18,19). The minimum Gasteiger partial charge on any atom is -0.480 e. The van der Waals surface area contributed by atoms with E-state index in [9.17, 15) is 18.4 Å². The number of hydrogen-bond donors (Lipinski definition) is 2. The van der Waals surface area contributed by atoms with E-state index in [1.165, 1.54) is 6.92 Å². The Hall–Kier alpha value is -1.98. The zero-order valence-corrected chi connectivity index (χ0v) is 10.7. The summed E-state index contributed by atoms with van der Waals surface area (Å²) in [5, 5.41) is 11.3. The molecule has 1 aromatic rings. The van der Waals surface area contributed by atoms with Crippen molar-refractivity contribution in [1.29, 1.82) is 0 Å². The zero-order chi connectivity index (χ0) is 14.6. The Labute approximate surface area is 109 Å². The van der Waals surface area contributed by atoms with Gasteiger partial charge in [-0.3, -0.25) is 4.79 Å². The van der Waals surface area contributed by atoms with Crippen molar-refractivity contribution in [3.63, 3.8) is 0 Å². The lowest BCUT2D eigenvalue weighted by Gasteiger charge is -2.25. The van der Waals surface area contributed by atoms with Crippen LogP contribution in [0.1, 0.15) is 37.0 Å².